The molecule has 0 aliphatic rings. The maximum atomic E-state index is 13.0. The second-order valence-corrected chi connectivity index (χ2v) is 8.41. The Morgan fingerprint density at radius 1 is 1.11 bits per heavy atom. The Morgan fingerprint density at radius 2 is 1.75 bits per heavy atom. The van der Waals surface area contributed by atoms with E-state index in [1.807, 2.05) is 30.3 Å². The summed E-state index contributed by atoms with van der Waals surface area (Å²) in [5.41, 5.74) is 2.70. The van der Waals surface area contributed by atoms with E-state index in [0.717, 1.165) is 16.7 Å². The smallest absolute Gasteiger partial charge is 0.270 e. The second-order valence-electron chi connectivity index (χ2n) is 7.45. The standard InChI is InChI=1S/C22H20FN3OS/c1-22(2,3)16-8-6-15(7-9-16)19-18(12-24)20(27)26-21(25-19)28-13-14-4-10-17(23)11-5-14/h4-11H,13H2,1-3H3,(H,25,26,27). The molecular formula is C22H20FN3OS. The highest BCUT2D eigenvalue weighted by Gasteiger charge is 2.16. The summed E-state index contributed by atoms with van der Waals surface area (Å²) < 4.78 is 13.0. The maximum absolute atomic E-state index is 13.0. The number of halogens is 1. The van der Waals surface area contributed by atoms with Crippen LogP contribution in [0.2, 0.25) is 0 Å². The lowest BCUT2D eigenvalue weighted by atomic mass is 9.86. The number of nitriles is 1. The molecule has 0 spiro atoms. The normalized spacial score (nSPS) is 11.2. The van der Waals surface area contributed by atoms with E-state index in [4.69, 9.17) is 0 Å². The van der Waals surface area contributed by atoms with Crippen LogP contribution in [0.15, 0.2) is 58.5 Å². The predicted molar refractivity (Wildman–Crippen MR) is 110 cm³/mol. The third-order valence-electron chi connectivity index (χ3n) is 4.32. The molecule has 6 heteroatoms. The molecule has 3 rings (SSSR count). The van der Waals surface area contributed by atoms with Gasteiger partial charge in [-0.05, 0) is 28.7 Å². The number of hydrogen-bond donors (Lipinski definition) is 1. The van der Waals surface area contributed by atoms with Gasteiger partial charge in [0.05, 0.1) is 5.69 Å². The van der Waals surface area contributed by atoms with Gasteiger partial charge in [0, 0.05) is 11.3 Å². The first-order chi connectivity index (χ1) is 13.3. The Labute approximate surface area is 167 Å². The predicted octanol–water partition coefficient (Wildman–Crippen LogP) is 5.04. The average Bonchev–Trinajstić information content (AvgIpc) is 2.66. The first-order valence-electron chi connectivity index (χ1n) is 8.80. The zero-order chi connectivity index (χ0) is 20.3. The minimum atomic E-state index is -0.464. The van der Waals surface area contributed by atoms with E-state index in [1.54, 1.807) is 12.1 Å². The molecule has 1 heterocycles. The molecule has 142 valence electrons. The zero-order valence-corrected chi connectivity index (χ0v) is 16.7. The van der Waals surface area contributed by atoms with Crippen molar-refractivity contribution in [1.29, 1.82) is 5.26 Å². The number of aromatic amines is 1. The molecule has 28 heavy (non-hydrogen) atoms. The topological polar surface area (TPSA) is 69.5 Å². The second kappa shape index (κ2) is 7.99. The van der Waals surface area contributed by atoms with Gasteiger partial charge in [0.15, 0.2) is 5.16 Å². The summed E-state index contributed by atoms with van der Waals surface area (Å²) in [6.45, 7) is 6.37. The third-order valence-corrected chi connectivity index (χ3v) is 5.27. The molecule has 0 aliphatic heterocycles. The molecule has 0 saturated carbocycles. The Morgan fingerprint density at radius 3 is 2.32 bits per heavy atom. The number of thioether (sulfide) groups is 1. The summed E-state index contributed by atoms with van der Waals surface area (Å²) in [4.78, 5) is 19.5. The van der Waals surface area contributed by atoms with Gasteiger partial charge in [-0.25, -0.2) is 9.37 Å². The maximum Gasteiger partial charge on any atom is 0.270 e. The zero-order valence-electron chi connectivity index (χ0n) is 15.9. The van der Waals surface area contributed by atoms with Gasteiger partial charge < -0.3 is 4.98 Å². The summed E-state index contributed by atoms with van der Waals surface area (Å²) in [5, 5.41) is 9.84. The van der Waals surface area contributed by atoms with Crippen LogP contribution in [0.3, 0.4) is 0 Å². The molecule has 3 aromatic rings. The van der Waals surface area contributed by atoms with Crippen molar-refractivity contribution >= 4 is 11.8 Å². The Balaban J connectivity index is 1.93. The van der Waals surface area contributed by atoms with Crippen LogP contribution in [0.1, 0.15) is 37.5 Å². The van der Waals surface area contributed by atoms with E-state index in [9.17, 15) is 14.4 Å². The quantitative estimate of drug-likeness (QED) is 0.498. The minimum absolute atomic E-state index is 0.00496. The number of aromatic nitrogens is 2. The van der Waals surface area contributed by atoms with Gasteiger partial charge in [-0.3, -0.25) is 4.79 Å². The number of nitrogens with one attached hydrogen (secondary N) is 1. The highest BCUT2D eigenvalue weighted by atomic mass is 32.2. The van der Waals surface area contributed by atoms with Crippen molar-refractivity contribution in [3.05, 3.63) is 81.4 Å². The molecular weight excluding hydrogens is 373 g/mol. The molecule has 2 aromatic carbocycles. The van der Waals surface area contributed by atoms with Gasteiger partial charge in [-0.1, -0.05) is 68.9 Å². The van der Waals surface area contributed by atoms with Crippen molar-refractivity contribution in [3.8, 4) is 17.3 Å². The first-order valence-corrected chi connectivity index (χ1v) is 9.79. The van der Waals surface area contributed by atoms with Crippen LogP contribution >= 0.6 is 11.8 Å². The third kappa shape index (κ3) is 4.49. The lowest BCUT2D eigenvalue weighted by Crippen LogP contribution is -2.15. The van der Waals surface area contributed by atoms with Crippen LogP contribution in [-0.4, -0.2) is 9.97 Å². The van der Waals surface area contributed by atoms with E-state index in [1.165, 1.54) is 23.9 Å². The highest BCUT2D eigenvalue weighted by molar-refractivity contribution is 7.98. The molecule has 0 atom stereocenters. The lowest BCUT2D eigenvalue weighted by Gasteiger charge is -2.19. The van der Waals surface area contributed by atoms with Crippen LogP contribution in [0.4, 0.5) is 4.39 Å². The monoisotopic (exact) mass is 393 g/mol. The largest absolute Gasteiger partial charge is 0.300 e. The summed E-state index contributed by atoms with van der Waals surface area (Å²) in [6.07, 6.45) is 0. The molecule has 0 radical (unpaired) electrons. The van der Waals surface area contributed by atoms with E-state index < -0.39 is 5.56 Å². The lowest BCUT2D eigenvalue weighted by molar-refractivity contribution is 0.590. The average molecular weight is 393 g/mol. The van der Waals surface area contributed by atoms with E-state index in [-0.39, 0.29) is 16.8 Å². The number of H-pyrrole nitrogens is 1. The molecule has 1 N–H and O–H groups in total. The molecule has 0 bridgehead atoms. The van der Waals surface area contributed by atoms with E-state index in [2.05, 4.69) is 30.7 Å². The van der Waals surface area contributed by atoms with Crippen LogP contribution < -0.4 is 5.56 Å². The molecule has 0 fully saturated rings. The number of nitrogens with zero attached hydrogens (tertiary/aromatic N) is 2. The van der Waals surface area contributed by atoms with Crippen molar-refractivity contribution in [2.45, 2.75) is 37.1 Å². The molecule has 4 nitrogen and oxygen atoms in total. The van der Waals surface area contributed by atoms with Crippen LogP contribution in [0.5, 0.6) is 0 Å². The number of benzene rings is 2. The Bertz CT molecular complexity index is 1080. The van der Waals surface area contributed by atoms with Crippen molar-refractivity contribution < 1.29 is 4.39 Å². The van der Waals surface area contributed by atoms with E-state index in [0.29, 0.717) is 16.6 Å². The Kier molecular flexibility index (Phi) is 5.66. The molecule has 1 aromatic heterocycles. The molecule has 0 saturated heterocycles. The van der Waals surface area contributed by atoms with Gasteiger partial charge in [0.25, 0.3) is 5.56 Å². The SMILES string of the molecule is CC(C)(C)c1ccc(-c2nc(SCc3ccc(F)cc3)[nH]c(=O)c2C#N)cc1. The van der Waals surface area contributed by atoms with Crippen LogP contribution in [0, 0.1) is 17.1 Å². The van der Waals surface area contributed by atoms with Crippen LogP contribution in [-0.2, 0) is 11.2 Å². The number of rotatable bonds is 4. The highest BCUT2D eigenvalue weighted by Crippen LogP contribution is 2.27. The van der Waals surface area contributed by atoms with Crippen molar-refractivity contribution in [3.63, 3.8) is 0 Å². The number of hydrogen-bond acceptors (Lipinski definition) is 4. The minimum Gasteiger partial charge on any atom is -0.300 e. The fraction of sp³-hybridized carbons (Fsp3) is 0.227. The fourth-order valence-electron chi connectivity index (χ4n) is 2.69. The van der Waals surface area contributed by atoms with Crippen molar-refractivity contribution in [1.82, 2.24) is 9.97 Å². The molecule has 0 unspecified atom stereocenters. The summed E-state index contributed by atoms with van der Waals surface area (Å²) in [5.74, 6) is 0.233. The Hall–Kier alpha value is -2.91. The van der Waals surface area contributed by atoms with Crippen LogP contribution in [0.25, 0.3) is 11.3 Å². The summed E-state index contributed by atoms with van der Waals surface area (Å²) >= 11 is 1.33. The van der Waals surface area contributed by atoms with Gasteiger partial charge in [0.2, 0.25) is 0 Å². The first kappa shape index (κ1) is 19.8. The van der Waals surface area contributed by atoms with Crippen molar-refractivity contribution in [2.75, 3.05) is 0 Å². The molecule has 0 aliphatic carbocycles. The van der Waals surface area contributed by atoms with Gasteiger partial charge >= 0.3 is 0 Å². The summed E-state index contributed by atoms with van der Waals surface area (Å²) in [7, 11) is 0. The van der Waals surface area contributed by atoms with E-state index >= 15 is 0 Å². The van der Waals surface area contributed by atoms with Gasteiger partial charge in [-0.15, -0.1) is 0 Å². The molecule has 0 amide bonds. The fourth-order valence-corrected chi connectivity index (χ4v) is 3.51. The van der Waals surface area contributed by atoms with Gasteiger partial charge in [0.1, 0.15) is 17.4 Å². The van der Waals surface area contributed by atoms with Crippen molar-refractivity contribution in [2.24, 2.45) is 0 Å². The van der Waals surface area contributed by atoms with Gasteiger partial charge in [-0.2, -0.15) is 5.26 Å². The summed E-state index contributed by atoms with van der Waals surface area (Å²) in [6, 6.07) is 15.9.